The van der Waals surface area contributed by atoms with E-state index in [1.54, 1.807) is 24.3 Å². The monoisotopic (exact) mass is 377 g/mol. The molecule has 144 valence electrons. The number of ketones is 1. The highest BCUT2D eigenvalue weighted by Crippen LogP contribution is 2.20. The molecular formula is C23H23NO4. The van der Waals surface area contributed by atoms with E-state index in [1.165, 1.54) is 0 Å². The predicted molar refractivity (Wildman–Crippen MR) is 109 cm³/mol. The van der Waals surface area contributed by atoms with Gasteiger partial charge < -0.3 is 14.8 Å². The number of benzene rings is 3. The van der Waals surface area contributed by atoms with Crippen molar-refractivity contribution < 1.29 is 19.1 Å². The minimum atomic E-state index is -0.226. The number of carbonyl (C=O) groups excluding carboxylic acids is 2. The summed E-state index contributed by atoms with van der Waals surface area (Å²) in [5, 5.41) is 5.03. The molecule has 0 atom stereocenters. The smallest absolute Gasteiger partial charge is 0.258 e. The second-order valence-corrected chi connectivity index (χ2v) is 6.30. The van der Waals surface area contributed by atoms with Crippen LogP contribution in [0.15, 0.2) is 66.7 Å². The lowest BCUT2D eigenvalue weighted by Gasteiger charge is -2.10. The fourth-order valence-electron chi connectivity index (χ4n) is 2.76. The SMILES string of the molecule is CCC(=O)c1ccc(OCC(=O)NCCOc2ccc3ccccc3c2)cc1. The van der Waals surface area contributed by atoms with Gasteiger partial charge in [-0.05, 0) is 47.2 Å². The zero-order valence-corrected chi connectivity index (χ0v) is 15.8. The third-order valence-electron chi connectivity index (χ3n) is 4.28. The Balaban J connectivity index is 1.37. The summed E-state index contributed by atoms with van der Waals surface area (Å²) in [4.78, 5) is 23.5. The van der Waals surface area contributed by atoms with Gasteiger partial charge in [-0.1, -0.05) is 37.3 Å². The first-order valence-electron chi connectivity index (χ1n) is 9.30. The molecule has 0 heterocycles. The van der Waals surface area contributed by atoms with Gasteiger partial charge in [0.25, 0.3) is 5.91 Å². The molecule has 1 N–H and O–H groups in total. The van der Waals surface area contributed by atoms with Crippen molar-refractivity contribution in [3.63, 3.8) is 0 Å². The second-order valence-electron chi connectivity index (χ2n) is 6.30. The summed E-state index contributed by atoms with van der Waals surface area (Å²) in [6.07, 6.45) is 0.462. The number of fused-ring (bicyclic) bond motifs is 1. The van der Waals surface area contributed by atoms with Crippen LogP contribution in [0.4, 0.5) is 0 Å². The molecule has 0 aliphatic rings. The van der Waals surface area contributed by atoms with E-state index in [2.05, 4.69) is 11.4 Å². The highest BCUT2D eigenvalue weighted by molar-refractivity contribution is 5.95. The van der Waals surface area contributed by atoms with Gasteiger partial charge in [-0.25, -0.2) is 0 Å². The fraction of sp³-hybridized carbons (Fsp3) is 0.217. The molecule has 3 aromatic rings. The summed E-state index contributed by atoms with van der Waals surface area (Å²) < 4.78 is 11.1. The van der Waals surface area contributed by atoms with Gasteiger partial charge in [0.15, 0.2) is 12.4 Å². The Morgan fingerprint density at radius 1 is 0.857 bits per heavy atom. The Kier molecular flexibility index (Phi) is 6.63. The molecule has 1 amide bonds. The van der Waals surface area contributed by atoms with Gasteiger partial charge >= 0.3 is 0 Å². The van der Waals surface area contributed by atoms with Crippen LogP contribution in [0.1, 0.15) is 23.7 Å². The molecule has 0 aliphatic heterocycles. The van der Waals surface area contributed by atoms with Crippen LogP contribution in [0.5, 0.6) is 11.5 Å². The number of carbonyl (C=O) groups is 2. The number of ether oxygens (including phenoxy) is 2. The molecule has 0 unspecified atom stereocenters. The van der Waals surface area contributed by atoms with Crippen LogP contribution >= 0.6 is 0 Å². The third kappa shape index (κ3) is 5.33. The van der Waals surface area contributed by atoms with Gasteiger partial charge in [0, 0.05) is 12.0 Å². The van der Waals surface area contributed by atoms with Crippen LogP contribution in [-0.2, 0) is 4.79 Å². The lowest BCUT2D eigenvalue weighted by molar-refractivity contribution is -0.123. The lowest BCUT2D eigenvalue weighted by Crippen LogP contribution is -2.32. The molecule has 0 fully saturated rings. The van der Waals surface area contributed by atoms with Gasteiger partial charge in [-0.2, -0.15) is 0 Å². The average Bonchev–Trinajstić information content (AvgIpc) is 2.75. The largest absolute Gasteiger partial charge is 0.492 e. The molecule has 0 saturated heterocycles. The van der Waals surface area contributed by atoms with E-state index in [-0.39, 0.29) is 18.3 Å². The van der Waals surface area contributed by atoms with Crippen LogP contribution in [0.25, 0.3) is 10.8 Å². The van der Waals surface area contributed by atoms with Gasteiger partial charge in [-0.15, -0.1) is 0 Å². The van der Waals surface area contributed by atoms with E-state index in [4.69, 9.17) is 9.47 Å². The molecule has 0 aliphatic carbocycles. The zero-order chi connectivity index (χ0) is 19.8. The number of hydrogen-bond acceptors (Lipinski definition) is 4. The first-order valence-corrected chi connectivity index (χ1v) is 9.30. The van der Waals surface area contributed by atoms with Crippen molar-refractivity contribution in [2.24, 2.45) is 0 Å². The van der Waals surface area contributed by atoms with Crippen molar-refractivity contribution in [3.05, 3.63) is 72.3 Å². The standard InChI is InChI=1S/C23H23NO4/c1-2-22(25)18-8-10-20(11-9-18)28-16-23(26)24-13-14-27-21-12-7-17-5-3-4-6-19(17)15-21/h3-12,15H,2,13-14,16H2,1H3,(H,24,26). The highest BCUT2D eigenvalue weighted by Gasteiger charge is 2.05. The van der Waals surface area contributed by atoms with E-state index in [9.17, 15) is 9.59 Å². The molecule has 28 heavy (non-hydrogen) atoms. The summed E-state index contributed by atoms with van der Waals surface area (Å²) in [7, 11) is 0. The number of Topliss-reactive ketones (excluding diaryl/α,β-unsaturated/α-hetero) is 1. The Hall–Kier alpha value is -3.34. The molecule has 5 heteroatoms. The van der Waals surface area contributed by atoms with Crippen molar-refractivity contribution in [2.75, 3.05) is 19.8 Å². The van der Waals surface area contributed by atoms with Crippen LogP contribution in [0, 0.1) is 0 Å². The molecular weight excluding hydrogens is 354 g/mol. The quantitative estimate of drug-likeness (QED) is 0.452. The first-order chi connectivity index (χ1) is 13.7. The maximum atomic E-state index is 11.9. The number of rotatable bonds is 9. The van der Waals surface area contributed by atoms with Crippen molar-refractivity contribution in [2.45, 2.75) is 13.3 Å². The first kappa shape index (κ1) is 19.4. The Labute approximate surface area is 164 Å². The Bertz CT molecular complexity index is 950. The summed E-state index contributed by atoms with van der Waals surface area (Å²) in [6, 6.07) is 20.8. The predicted octanol–water partition coefficient (Wildman–Crippen LogP) is 4.01. The molecule has 0 spiro atoms. The van der Waals surface area contributed by atoms with Crippen molar-refractivity contribution in [3.8, 4) is 11.5 Å². The summed E-state index contributed by atoms with van der Waals surface area (Å²) in [6.45, 7) is 2.49. The van der Waals surface area contributed by atoms with E-state index in [1.807, 2.05) is 43.3 Å². The molecule has 0 bridgehead atoms. The van der Waals surface area contributed by atoms with Crippen LogP contribution in [-0.4, -0.2) is 31.4 Å². The Morgan fingerprint density at radius 2 is 1.57 bits per heavy atom. The maximum Gasteiger partial charge on any atom is 0.258 e. The van der Waals surface area contributed by atoms with Gasteiger partial charge in [0.1, 0.15) is 18.1 Å². The second kappa shape index (κ2) is 9.55. The van der Waals surface area contributed by atoms with Gasteiger partial charge in [0.05, 0.1) is 6.54 Å². The lowest BCUT2D eigenvalue weighted by atomic mass is 10.1. The fourth-order valence-corrected chi connectivity index (χ4v) is 2.76. The minimum absolute atomic E-state index is 0.0794. The van der Waals surface area contributed by atoms with Crippen molar-refractivity contribution in [1.29, 1.82) is 0 Å². The van der Waals surface area contributed by atoms with Gasteiger partial charge in [0.2, 0.25) is 0 Å². The maximum absolute atomic E-state index is 11.9. The zero-order valence-electron chi connectivity index (χ0n) is 15.8. The number of amides is 1. The van der Waals surface area contributed by atoms with Crippen LogP contribution < -0.4 is 14.8 Å². The molecule has 3 rings (SSSR count). The molecule has 5 nitrogen and oxygen atoms in total. The molecule has 0 aromatic heterocycles. The van der Waals surface area contributed by atoms with Crippen molar-refractivity contribution >= 4 is 22.5 Å². The topological polar surface area (TPSA) is 64.6 Å². The molecule has 3 aromatic carbocycles. The van der Waals surface area contributed by atoms with Crippen LogP contribution in [0.3, 0.4) is 0 Å². The van der Waals surface area contributed by atoms with E-state index in [0.29, 0.717) is 30.9 Å². The van der Waals surface area contributed by atoms with Crippen LogP contribution in [0.2, 0.25) is 0 Å². The van der Waals surface area contributed by atoms with E-state index >= 15 is 0 Å². The summed E-state index contributed by atoms with van der Waals surface area (Å²) in [5.41, 5.74) is 0.644. The summed E-state index contributed by atoms with van der Waals surface area (Å²) in [5.74, 6) is 1.17. The van der Waals surface area contributed by atoms with Gasteiger partial charge in [-0.3, -0.25) is 9.59 Å². The Morgan fingerprint density at radius 3 is 2.32 bits per heavy atom. The molecule has 0 saturated carbocycles. The van der Waals surface area contributed by atoms with E-state index in [0.717, 1.165) is 16.5 Å². The van der Waals surface area contributed by atoms with E-state index < -0.39 is 0 Å². The molecule has 0 radical (unpaired) electrons. The summed E-state index contributed by atoms with van der Waals surface area (Å²) >= 11 is 0. The third-order valence-corrected chi connectivity index (χ3v) is 4.28. The minimum Gasteiger partial charge on any atom is -0.492 e. The number of hydrogen-bond donors (Lipinski definition) is 1. The normalized spacial score (nSPS) is 10.5. The average molecular weight is 377 g/mol. The van der Waals surface area contributed by atoms with Crippen molar-refractivity contribution in [1.82, 2.24) is 5.32 Å². The number of nitrogens with one attached hydrogen (secondary N) is 1. The highest BCUT2D eigenvalue weighted by atomic mass is 16.5.